The molecule has 0 aromatic carbocycles. The molecule has 9 heteroatoms. The molecule has 2 aromatic rings. The maximum atomic E-state index is 12.8. The zero-order valence-corrected chi connectivity index (χ0v) is 16.0. The lowest BCUT2D eigenvalue weighted by atomic mass is 9.96. The molecule has 1 aliphatic heterocycles. The first kappa shape index (κ1) is 19.1. The monoisotopic (exact) mass is 374 g/mol. The number of hydrogen-bond acceptors (Lipinski definition) is 5. The maximum Gasteiger partial charge on any atom is 0.343 e. The summed E-state index contributed by atoms with van der Waals surface area (Å²) in [5, 5.41) is 6.65. The van der Waals surface area contributed by atoms with Crippen LogP contribution in [0.5, 0.6) is 0 Å². The van der Waals surface area contributed by atoms with Crippen LogP contribution in [0, 0.1) is 6.92 Å². The molecule has 2 N–H and O–H groups in total. The second-order valence-corrected chi connectivity index (χ2v) is 6.92. The summed E-state index contributed by atoms with van der Waals surface area (Å²) in [6.45, 7) is 7.27. The molecule has 0 unspecified atom stereocenters. The van der Waals surface area contributed by atoms with E-state index in [0.717, 1.165) is 12.8 Å². The third-order valence-corrected chi connectivity index (χ3v) is 5.18. The molecule has 0 aliphatic carbocycles. The minimum atomic E-state index is -0.242. The molecule has 1 fully saturated rings. The molecule has 0 spiro atoms. The minimum Gasteiger partial charge on any atom is -0.342 e. The van der Waals surface area contributed by atoms with E-state index in [1.165, 1.54) is 0 Å². The van der Waals surface area contributed by atoms with Gasteiger partial charge in [-0.25, -0.2) is 14.9 Å². The van der Waals surface area contributed by atoms with Crippen molar-refractivity contribution in [2.24, 2.45) is 0 Å². The Bertz CT molecular complexity index is 941. The van der Waals surface area contributed by atoms with Gasteiger partial charge in [0.1, 0.15) is 11.6 Å². The Labute approximate surface area is 156 Å². The molecule has 0 radical (unpaired) electrons. The van der Waals surface area contributed by atoms with Gasteiger partial charge >= 0.3 is 5.69 Å². The van der Waals surface area contributed by atoms with Crippen LogP contribution in [0.4, 0.5) is 0 Å². The molecular weight excluding hydrogens is 348 g/mol. The van der Waals surface area contributed by atoms with E-state index >= 15 is 0 Å². The van der Waals surface area contributed by atoms with Crippen LogP contribution in [0.3, 0.4) is 0 Å². The Morgan fingerprint density at radius 3 is 2.74 bits per heavy atom. The lowest BCUT2D eigenvalue weighted by molar-refractivity contribution is -0.131. The molecule has 1 aliphatic rings. The highest BCUT2D eigenvalue weighted by atomic mass is 16.2. The fraction of sp³-hybridized carbons (Fsp3) is 0.611. The number of rotatable bonds is 5. The number of H-pyrrole nitrogens is 2. The van der Waals surface area contributed by atoms with Crippen molar-refractivity contribution in [2.45, 2.75) is 58.9 Å². The number of piperidine rings is 1. The number of aromatic nitrogens is 5. The van der Waals surface area contributed by atoms with Crippen LogP contribution in [0.2, 0.25) is 0 Å². The summed E-state index contributed by atoms with van der Waals surface area (Å²) in [5.41, 5.74) is 0.558. The number of nitrogens with zero attached hydrogens (tertiary/aromatic N) is 4. The number of aromatic amines is 2. The molecule has 3 heterocycles. The van der Waals surface area contributed by atoms with Crippen molar-refractivity contribution < 1.29 is 4.79 Å². The van der Waals surface area contributed by atoms with Crippen LogP contribution < -0.4 is 11.2 Å². The van der Waals surface area contributed by atoms with Crippen molar-refractivity contribution >= 4 is 5.91 Å². The van der Waals surface area contributed by atoms with Gasteiger partial charge in [-0.1, -0.05) is 6.92 Å². The Morgan fingerprint density at radius 1 is 1.30 bits per heavy atom. The van der Waals surface area contributed by atoms with Crippen molar-refractivity contribution in [3.05, 3.63) is 43.7 Å². The molecule has 146 valence electrons. The van der Waals surface area contributed by atoms with Crippen molar-refractivity contribution in [3.63, 3.8) is 0 Å². The standard InChI is InChI=1S/C18H26N6O3/c1-4-14-19-11(3)13(17(26)20-14)9-15(25)23-8-6-7-12(10-23)16-21-22-18(27)24(16)5-2/h12H,4-10H2,1-3H3,(H,22,27)(H,19,20,26)/t12-/m1/s1. The normalized spacial score (nSPS) is 17.3. The van der Waals surface area contributed by atoms with Crippen molar-refractivity contribution in [1.29, 1.82) is 0 Å². The highest BCUT2D eigenvalue weighted by molar-refractivity contribution is 5.79. The van der Waals surface area contributed by atoms with Crippen molar-refractivity contribution in [1.82, 2.24) is 29.6 Å². The third kappa shape index (κ3) is 3.86. The molecular formula is C18H26N6O3. The number of hydrogen-bond donors (Lipinski definition) is 2. The first-order chi connectivity index (χ1) is 12.9. The predicted octanol–water partition coefficient (Wildman–Crippen LogP) is 0.494. The first-order valence-corrected chi connectivity index (χ1v) is 9.46. The zero-order chi connectivity index (χ0) is 19.6. The molecule has 27 heavy (non-hydrogen) atoms. The molecule has 3 rings (SSSR count). The van der Waals surface area contributed by atoms with E-state index < -0.39 is 0 Å². The Balaban J connectivity index is 1.76. The lowest BCUT2D eigenvalue weighted by Gasteiger charge is -2.32. The number of nitrogens with one attached hydrogen (secondary N) is 2. The molecule has 1 atom stereocenters. The molecule has 0 saturated carbocycles. The fourth-order valence-electron chi connectivity index (χ4n) is 3.67. The second-order valence-electron chi connectivity index (χ2n) is 6.92. The van der Waals surface area contributed by atoms with E-state index in [0.29, 0.717) is 49.0 Å². The fourth-order valence-corrected chi connectivity index (χ4v) is 3.67. The highest BCUT2D eigenvalue weighted by Gasteiger charge is 2.29. The molecule has 2 aromatic heterocycles. The van der Waals surface area contributed by atoms with Gasteiger partial charge in [-0.15, -0.1) is 0 Å². The molecule has 9 nitrogen and oxygen atoms in total. The van der Waals surface area contributed by atoms with E-state index in [4.69, 9.17) is 0 Å². The summed E-state index contributed by atoms with van der Waals surface area (Å²) < 4.78 is 1.61. The summed E-state index contributed by atoms with van der Waals surface area (Å²) in [4.78, 5) is 45.8. The molecule has 1 saturated heterocycles. The lowest BCUT2D eigenvalue weighted by Crippen LogP contribution is -2.41. The number of amides is 1. The van der Waals surface area contributed by atoms with Gasteiger partial charge in [0.25, 0.3) is 5.56 Å². The van der Waals surface area contributed by atoms with Crippen LogP contribution >= 0.6 is 0 Å². The summed E-state index contributed by atoms with van der Waals surface area (Å²) in [6.07, 6.45) is 2.39. The Kier molecular flexibility index (Phi) is 5.57. The van der Waals surface area contributed by atoms with Gasteiger partial charge in [-0.05, 0) is 26.7 Å². The van der Waals surface area contributed by atoms with Gasteiger partial charge in [0.05, 0.1) is 6.42 Å². The van der Waals surface area contributed by atoms with E-state index in [1.807, 2.05) is 13.8 Å². The van der Waals surface area contributed by atoms with Gasteiger partial charge in [0.15, 0.2) is 0 Å². The summed E-state index contributed by atoms with van der Waals surface area (Å²) in [7, 11) is 0. The van der Waals surface area contributed by atoms with Gasteiger partial charge < -0.3 is 9.88 Å². The molecule has 0 bridgehead atoms. The van der Waals surface area contributed by atoms with E-state index in [1.54, 1.807) is 16.4 Å². The van der Waals surface area contributed by atoms with Gasteiger partial charge in [0, 0.05) is 43.2 Å². The smallest absolute Gasteiger partial charge is 0.342 e. The maximum absolute atomic E-state index is 12.8. The van der Waals surface area contributed by atoms with Crippen LogP contribution in [-0.2, 0) is 24.2 Å². The van der Waals surface area contributed by atoms with E-state index in [2.05, 4.69) is 20.2 Å². The Hall–Kier alpha value is -2.71. The first-order valence-electron chi connectivity index (χ1n) is 9.46. The summed E-state index contributed by atoms with van der Waals surface area (Å²) in [6, 6.07) is 0. The zero-order valence-electron chi connectivity index (χ0n) is 16.0. The quantitative estimate of drug-likeness (QED) is 0.790. The van der Waals surface area contributed by atoms with E-state index in [-0.39, 0.29) is 29.5 Å². The minimum absolute atomic E-state index is 0.0153. The highest BCUT2D eigenvalue weighted by Crippen LogP contribution is 2.25. The van der Waals surface area contributed by atoms with Crippen LogP contribution in [0.25, 0.3) is 0 Å². The van der Waals surface area contributed by atoms with Crippen molar-refractivity contribution in [3.8, 4) is 0 Å². The average Bonchev–Trinajstić information content (AvgIpc) is 3.04. The number of aryl methyl sites for hydroxylation is 2. The topological polar surface area (TPSA) is 117 Å². The Morgan fingerprint density at radius 2 is 2.07 bits per heavy atom. The SMILES string of the molecule is CCc1nc(C)c(CC(=O)N2CCC[C@@H](c3n[nH]c(=O)n3CC)C2)c(=O)[nH]1. The van der Waals surface area contributed by atoms with Gasteiger partial charge in [-0.2, -0.15) is 5.10 Å². The van der Waals surface area contributed by atoms with E-state index in [9.17, 15) is 14.4 Å². The number of likely N-dealkylation sites (tertiary alicyclic amines) is 1. The summed E-state index contributed by atoms with van der Waals surface area (Å²) in [5.74, 6) is 1.24. The van der Waals surface area contributed by atoms with Crippen LogP contribution in [0.1, 0.15) is 55.5 Å². The molecule has 1 amide bonds. The van der Waals surface area contributed by atoms with Crippen molar-refractivity contribution in [2.75, 3.05) is 13.1 Å². The van der Waals surface area contributed by atoms with Gasteiger partial charge in [-0.3, -0.25) is 14.2 Å². The largest absolute Gasteiger partial charge is 0.343 e. The van der Waals surface area contributed by atoms with Crippen LogP contribution in [-0.4, -0.2) is 48.6 Å². The average molecular weight is 374 g/mol. The van der Waals surface area contributed by atoms with Crippen LogP contribution in [0.15, 0.2) is 9.59 Å². The number of carbonyl (C=O) groups is 1. The van der Waals surface area contributed by atoms with Gasteiger partial charge in [0.2, 0.25) is 5.91 Å². The third-order valence-electron chi connectivity index (χ3n) is 5.18. The summed E-state index contributed by atoms with van der Waals surface area (Å²) >= 11 is 0. The predicted molar refractivity (Wildman–Crippen MR) is 99.8 cm³/mol. The number of carbonyl (C=O) groups excluding carboxylic acids is 1. The second kappa shape index (κ2) is 7.89.